The van der Waals surface area contributed by atoms with Crippen molar-refractivity contribution < 1.29 is 14.6 Å². The van der Waals surface area contributed by atoms with E-state index in [0.717, 1.165) is 36.1 Å². The third-order valence-corrected chi connectivity index (χ3v) is 3.04. The standard InChI is InChI=1S/C13H16O3/c1-2-16-10-7-6-9-4-3-5-11(13(14)15)12(9)8-10/h6-8,11H,2-5H2,1H3,(H,14,15). The highest BCUT2D eigenvalue weighted by Crippen LogP contribution is 2.34. The first-order chi connectivity index (χ1) is 7.72. The summed E-state index contributed by atoms with van der Waals surface area (Å²) in [7, 11) is 0. The molecule has 1 atom stereocenters. The van der Waals surface area contributed by atoms with Gasteiger partial charge in [-0.3, -0.25) is 4.79 Å². The molecule has 0 heterocycles. The molecule has 0 saturated carbocycles. The van der Waals surface area contributed by atoms with Crippen molar-refractivity contribution in [1.29, 1.82) is 0 Å². The van der Waals surface area contributed by atoms with Crippen LogP contribution in [-0.4, -0.2) is 17.7 Å². The number of carboxylic acids is 1. The Morgan fingerprint density at radius 1 is 1.56 bits per heavy atom. The maximum Gasteiger partial charge on any atom is 0.310 e. The van der Waals surface area contributed by atoms with E-state index in [1.165, 1.54) is 0 Å². The van der Waals surface area contributed by atoms with Gasteiger partial charge in [0, 0.05) is 0 Å². The lowest BCUT2D eigenvalue weighted by atomic mass is 9.83. The van der Waals surface area contributed by atoms with Gasteiger partial charge in [-0.2, -0.15) is 0 Å². The van der Waals surface area contributed by atoms with Gasteiger partial charge in [0.25, 0.3) is 0 Å². The molecule has 1 aliphatic carbocycles. The molecule has 0 spiro atoms. The molecule has 0 radical (unpaired) electrons. The van der Waals surface area contributed by atoms with Crippen LogP contribution in [-0.2, 0) is 11.2 Å². The molecule has 1 aliphatic rings. The van der Waals surface area contributed by atoms with Crippen molar-refractivity contribution >= 4 is 5.97 Å². The van der Waals surface area contributed by atoms with E-state index in [9.17, 15) is 4.79 Å². The highest BCUT2D eigenvalue weighted by atomic mass is 16.5. The normalized spacial score (nSPS) is 18.9. The number of ether oxygens (including phenoxy) is 1. The minimum absolute atomic E-state index is 0.357. The van der Waals surface area contributed by atoms with E-state index in [1.807, 2.05) is 25.1 Å². The lowest BCUT2D eigenvalue weighted by Crippen LogP contribution is -2.18. The largest absolute Gasteiger partial charge is 0.494 e. The van der Waals surface area contributed by atoms with Gasteiger partial charge in [-0.1, -0.05) is 6.07 Å². The Hall–Kier alpha value is -1.51. The zero-order chi connectivity index (χ0) is 11.5. The maximum atomic E-state index is 11.1. The Morgan fingerprint density at radius 2 is 2.38 bits per heavy atom. The molecule has 16 heavy (non-hydrogen) atoms. The number of hydrogen-bond acceptors (Lipinski definition) is 2. The first-order valence-corrected chi connectivity index (χ1v) is 5.70. The summed E-state index contributed by atoms with van der Waals surface area (Å²) in [5.74, 6) is -0.312. The minimum Gasteiger partial charge on any atom is -0.494 e. The van der Waals surface area contributed by atoms with Crippen LogP contribution in [0.4, 0.5) is 0 Å². The fraction of sp³-hybridized carbons (Fsp3) is 0.462. The molecule has 0 amide bonds. The number of carbonyl (C=O) groups is 1. The lowest BCUT2D eigenvalue weighted by molar-refractivity contribution is -0.139. The Labute approximate surface area is 95.0 Å². The van der Waals surface area contributed by atoms with Crippen molar-refractivity contribution in [3.63, 3.8) is 0 Å². The maximum absolute atomic E-state index is 11.1. The van der Waals surface area contributed by atoms with Crippen LogP contribution in [0.5, 0.6) is 5.75 Å². The van der Waals surface area contributed by atoms with Crippen LogP contribution in [0, 0.1) is 0 Å². The molecular weight excluding hydrogens is 204 g/mol. The van der Waals surface area contributed by atoms with Crippen molar-refractivity contribution in [2.24, 2.45) is 0 Å². The van der Waals surface area contributed by atoms with E-state index < -0.39 is 5.97 Å². The summed E-state index contributed by atoms with van der Waals surface area (Å²) in [5, 5.41) is 9.16. The monoisotopic (exact) mass is 220 g/mol. The molecule has 0 aliphatic heterocycles. The summed E-state index contributed by atoms with van der Waals surface area (Å²) >= 11 is 0. The molecule has 3 nitrogen and oxygen atoms in total. The van der Waals surface area contributed by atoms with E-state index in [1.54, 1.807) is 0 Å². The number of fused-ring (bicyclic) bond motifs is 1. The topological polar surface area (TPSA) is 46.5 Å². The summed E-state index contributed by atoms with van der Waals surface area (Å²) < 4.78 is 5.41. The van der Waals surface area contributed by atoms with Crippen LogP contribution in [0.25, 0.3) is 0 Å². The van der Waals surface area contributed by atoms with Crippen molar-refractivity contribution in [2.45, 2.75) is 32.1 Å². The second-order valence-electron chi connectivity index (χ2n) is 4.08. The van der Waals surface area contributed by atoms with Crippen molar-refractivity contribution in [3.8, 4) is 5.75 Å². The van der Waals surface area contributed by atoms with Crippen LogP contribution >= 0.6 is 0 Å². The molecule has 86 valence electrons. The number of hydrogen-bond donors (Lipinski definition) is 1. The molecule has 3 heteroatoms. The Morgan fingerprint density at radius 3 is 3.06 bits per heavy atom. The summed E-state index contributed by atoms with van der Waals surface area (Å²) in [4.78, 5) is 11.1. The predicted octanol–water partition coefficient (Wildman–Crippen LogP) is 2.59. The summed E-state index contributed by atoms with van der Waals surface area (Å²) in [5.41, 5.74) is 2.09. The van der Waals surface area contributed by atoms with Crippen LogP contribution in [0.3, 0.4) is 0 Å². The quantitative estimate of drug-likeness (QED) is 0.851. The fourth-order valence-electron chi connectivity index (χ4n) is 2.29. The molecular formula is C13H16O3. The minimum atomic E-state index is -0.727. The number of aryl methyl sites for hydroxylation is 1. The molecule has 1 unspecified atom stereocenters. The van der Waals surface area contributed by atoms with Crippen LogP contribution < -0.4 is 4.74 Å². The molecule has 1 aromatic rings. The van der Waals surface area contributed by atoms with Crippen LogP contribution in [0.1, 0.15) is 36.8 Å². The molecule has 0 aromatic heterocycles. The van der Waals surface area contributed by atoms with Crippen LogP contribution in [0.15, 0.2) is 18.2 Å². The Balaban J connectivity index is 2.36. The second-order valence-corrected chi connectivity index (χ2v) is 4.08. The summed E-state index contributed by atoms with van der Waals surface area (Å²) in [6, 6.07) is 5.80. The van der Waals surface area contributed by atoms with Gasteiger partial charge in [0.1, 0.15) is 5.75 Å². The Kier molecular flexibility index (Phi) is 3.13. The van der Waals surface area contributed by atoms with Crippen molar-refractivity contribution in [3.05, 3.63) is 29.3 Å². The summed E-state index contributed by atoms with van der Waals surface area (Å²) in [6.45, 7) is 2.53. The zero-order valence-electron chi connectivity index (χ0n) is 9.40. The van der Waals surface area contributed by atoms with E-state index >= 15 is 0 Å². The molecule has 1 N–H and O–H groups in total. The number of aliphatic carboxylic acids is 1. The lowest BCUT2D eigenvalue weighted by Gasteiger charge is -2.22. The third kappa shape index (κ3) is 2.03. The molecule has 1 aromatic carbocycles. The van der Waals surface area contributed by atoms with E-state index in [4.69, 9.17) is 9.84 Å². The molecule has 0 saturated heterocycles. The highest BCUT2D eigenvalue weighted by molar-refractivity contribution is 5.77. The first kappa shape index (κ1) is 11.0. The Bertz CT molecular complexity index is 398. The number of benzene rings is 1. The van der Waals surface area contributed by atoms with Crippen LogP contribution in [0.2, 0.25) is 0 Å². The average Bonchev–Trinajstić information content (AvgIpc) is 2.28. The van der Waals surface area contributed by atoms with Gasteiger partial charge in [0.2, 0.25) is 0 Å². The van der Waals surface area contributed by atoms with E-state index in [0.29, 0.717) is 6.61 Å². The highest BCUT2D eigenvalue weighted by Gasteiger charge is 2.26. The molecule has 2 rings (SSSR count). The number of carboxylic acid groups (broad SMARTS) is 1. The second kappa shape index (κ2) is 4.56. The van der Waals surface area contributed by atoms with Gasteiger partial charge >= 0.3 is 5.97 Å². The van der Waals surface area contributed by atoms with E-state index in [2.05, 4.69) is 0 Å². The third-order valence-electron chi connectivity index (χ3n) is 3.04. The number of rotatable bonds is 3. The van der Waals surface area contributed by atoms with Gasteiger partial charge in [-0.15, -0.1) is 0 Å². The predicted molar refractivity (Wildman–Crippen MR) is 60.9 cm³/mol. The average molecular weight is 220 g/mol. The SMILES string of the molecule is CCOc1ccc2c(c1)C(C(=O)O)CCC2. The van der Waals surface area contributed by atoms with Crippen molar-refractivity contribution in [2.75, 3.05) is 6.61 Å². The van der Waals surface area contributed by atoms with Crippen molar-refractivity contribution in [1.82, 2.24) is 0 Å². The van der Waals surface area contributed by atoms with E-state index in [-0.39, 0.29) is 5.92 Å². The molecule has 0 fully saturated rings. The van der Waals surface area contributed by atoms with Gasteiger partial charge < -0.3 is 9.84 Å². The fourth-order valence-corrected chi connectivity index (χ4v) is 2.29. The molecule has 0 bridgehead atoms. The van der Waals surface area contributed by atoms with Gasteiger partial charge in [0.15, 0.2) is 0 Å². The van der Waals surface area contributed by atoms with Gasteiger partial charge in [-0.25, -0.2) is 0 Å². The first-order valence-electron chi connectivity index (χ1n) is 5.70. The van der Waals surface area contributed by atoms with Gasteiger partial charge in [-0.05, 0) is 49.4 Å². The smallest absolute Gasteiger partial charge is 0.310 e. The van der Waals surface area contributed by atoms with Gasteiger partial charge in [0.05, 0.1) is 12.5 Å². The zero-order valence-corrected chi connectivity index (χ0v) is 9.40. The summed E-state index contributed by atoms with van der Waals surface area (Å²) in [6.07, 6.45) is 2.67.